The summed E-state index contributed by atoms with van der Waals surface area (Å²) < 4.78 is 10.0. The van der Waals surface area contributed by atoms with Crippen LogP contribution in [0.2, 0.25) is 0 Å². The smallest absolute Gasteiger partial charge is 0.432 e. The predicted octanol–water partition coefficient (Wildman–Crippen LogP) is 3.37. The van der Waals surface area contributed by atoms with Crippen LogP contribution >= 0.6 is 0 Å². The molecule has 0 radical (unpaired) electrons. The molecule has 84 valence electrons. The fourth-order valence-corrected chi connectivity index (χ4v) is 1.18. The second-order valence-electron chi connectivity index (χ2n) is 4.01. The van der Waals surface area contributed by atoms with Crippen LogP contribution in [0.1, 0.15) is 47.5 Å². The van der Waals surface area contributed by atoms with Crippen molar-refractivity contribution < 1.29 is 14.3 Å². The maximum Gasteiger partial charge on any atom is 0.508 e. The second kappa shape index (κ2) is 6.68. The van der Waals surface area contributed by atoms with Crippen molar-refractivity contribution in [2.24, 2.45) is 5.92 Å². The molecule has 14 heavy (non-hydrogen) atoms. The van der Waals surface area contributed by atoms with Gasteiger partial charge in [0.2, 0.25) is 0 Å². The maximum atomic E-state index is 11.1. The van der Waals surface area contributed by atoms with Gasteiger partial charge in [0.15, 0.2) is 0 Å². The van der Waals surface area contributed by atoms with Gasteiger partial charge in [-0.05, 0) is 33.1 Å². The van der Waals surface area contributed by atoms with Gasteiger partial charge in [0.05, 0.1) is 6.10 Å². The Balaban J connectivity index is 3.80. The Morgan fingerprint density at radius 2 is 1.71 bits per heavy atom. The molecule has 0 amide bonds. The molecule has 0 heterocycles. The second-order valence-corrected chi connectivity index (χ2v) is 4.01. The van der Waals surface area contributed by atoms with E-state index >= 15 is 0 Å². The largest absolute Gasteiger partial charge is 0.508 e. The zero-order chi connectivity index (χ0) is 11.1. The lowest BCUT2D eigenvalue weighted by Crippen LogP contribution is -2.24. The number of carbonyl (C=O) groups is 1. The van der Waals surface area contributed by atoms with Gasteiger partial charge in [-0.3, -0.25) is 0 Å². The molecule has 0 N–H and O–H groups in total. The van der Waals surface area contributed by atoms with E-state index in [0.717, 1.165) is 12.8 Å². The lowest BCUT2D eigenvalue weighted by atomic mass is 10.0. The average molecular weight is 202 g/mol. The van der Waals surface area contributed by atoms with Crippen LogP contribution in [0, 0.1) is 5.92 Å². The van der Waals surface area contributed by atoms with Crippen molar-refractivity contribution in [2.45, 2.75) is 59.7 Å². The highest BCUT2D eigenvalue weighted by molar-refractivity contribution is 5.60. The lowest BCUT2D eigenvalue weighted by Gasteiger charge is -2.20. The lowest BCUT2D eigenvalue weighted by molar-refractivity contribution is -0.00364. The molecule has 0 rings (SSSR count). The first-order valence-electron chi connectivity index (χ1n) is 5.34. The number of hydrogen-bond acceptors (Lipinski definition) is 3. The number of hydrogen-bond donors (Lipinski definition) is 0. The summed E-state index contributed by atoms with van der Waals surface area (Å²) in [5.74, 6) is 0.389. The van der Waals surface area contributed by atoms with Crippen molar-refractivity contribution in [3.63, 3.8) is 0 Å². The van der Waals surface area contributed by atoms with Crippen LogP contribution in [-0.2, 0) is 9.47 Å². The van der Waals surface area contributed by atoms with Crippen molar-refractivity contribution in [1.82, 2.24) is 0 Å². The topological polar surface area (TPSA) is 35.5 Å². The van der Waals surface area contributed by atoms with Crippen molar-refractivity contribution in [3.05, 3.63) is 0 Å². The van der Waals surface area contributed by atoms with Crippen LogP contribution in [0.15, 0.2) is 0 Å². The van der Waals surface area contributed by atoms with E-state index in [4.69, 9.17) is 9.47 Å². The van der Waals surface area contributed by atoms with Crippen LogP contribution in [0.5, 0.6) is 0 Å². The van der Waals surface area contributed by atoms with Gasteiger partial charge in [0.1, 0.15) is 6.10 Å². The van der Waals surface area contributed by atoms with Crippen LogP contribution in [0.4, 0.5) is 4.79 Å². The molecule has 2 unspecified atom stereocenters. The molecule has 0 aliphatic rings. The summed E-state index contributed by atoms with van der Waals surface area (Å²) in [6, 6.07) is 0. The van der Waals surface area contributed by atoms with E-state index in [9.17, 15) is 4.79 Å². The summed E-state index contributed by atoms with van der Waals surface area (Å²) in [6.45, 7) is 9.72. The Morgan fingerprint density at radius 1 is 1.14 bits per heavy atom. The van der Waals surface area contributed by atoms with Gasteiger partial charge in [0.25, 0.3) is 0 Å². The molecular weight excluding hydrogens is 180 g/mol. The first-order valence-corrected chi connectivity index (χ1v) is 5.34. The number of rotatable bonds is 5. The van der Waals surface area contributed by atoms with Gasteiger partial charge in [0, 0.05) is 0 Å². The van der Waals surface area contributed by atoms with Gasteiger partial charge < -0.3 is 9.47 Å². The highest BCUT2D eigenvalue weighted by Gasteiger charge is 2.17. The molecular formula is C11H22O3. The zero-order valence-electron chi connectivity index (χ0n) is 9.87. The highest BCUT2D eigenvalue weighted by atomic mass is 16.7. The summed E-state index contributed by atoms with van der Waals surface area (Å²) in [5, 5.41) is 0. The standard InChI is InChI=1S/C11H22O3/c1-6-7-9(4)10(5)14-11(12)13-8(2)3/h8-10H,6-7H2,1-5H3. The Bertz CT molecular complexity index is 166. The quantitative estimate of drug-likeness (QED) is 0.641. The van der Waals surface area contributed by atoms with Crippen LogP contribution in [0.3, 0.4) is 0 Å². The fourth-order valence-electron chi connectivity index (χ4n) is 1.18. The number of carbonyl (C=O) groups excluding carboxylic acids is 1. The summed E-state index contributed by atoms with van der Waals surface area (Å²) in [7, 11) is 0. The minimum atomic E-state index is -0.560. The van der Waals surface area contributed by atoms with Crippen LogP contribution < -0.4 is 0 Å². The average Bonchev–Trinajstić information content (AvgIpc) is 2.02. The molecule has 0 aliphatic carbocycles. The SMILES string of the molecule is CCCC(C)C(C)OC(=O)OC(C)C. The molecule has 3 heteroatoms. The molecule has 3 nitrogen and oxygen atoms in total. The molecule has 0 aromatic carbocycles. The number of ether oxygens (including phenoxy) is 2. The Hall–Kier alpha value is -0.730. The Morgan fingerprint density at radius 3 is 2.14 bits per heavy atom. The molecule has 0 aromatic rings. The highest BCUT2D eigenvalue weighted by Crippen LogP contribution is 2.14. The van der Waals surface area contributed by atoms with Crippen LogP contribution in [-0.4, -0.2) is 18.4 Å². The normalized spacial score (nSPS) is 15.0. The van der Waals surface area contributed by atoms with E-state index < -0.39 is 6.16 Å². The summed E-state index contributed by atoms with van der Waals surface area (Å²) in [5.41, 5.74) is 0. The van der Waals surface area contributed by atoms with Gasteiger partial charge in [-0.1, -0.05) is 20.3 Å². The zero-order valence-corrected chi connectivity index (χ0v) is 9.87. The third-order valence-corrected chi connectivity index (χ3v) is 2.16. The van der Waals surface area contributed by atoms with E-state index in [0.29, 0.717) is 5.92 Å². The third-order valence-electron chi connectivity index (χ3n) is 2.16. The van der Waals surface area contributed by atoms with Crippen molar-refractivity contribution in [3.8, 4) is 0 Å². The summed E-state index contributed by atoms with van der Waals surface area (Å²) >= 11 is 0. The minimum Gasteiger partial charge on any atom is -0.432 e. The van der Waals surface area contributed by atoms with Crippen LogP contribution in [0.25, 0.3) is 0 Å². The minimum absolute atomic E-state index is 0.0683. The molecule has 0 spiro atoms. The fraction of sp³-hybridized carbons (Fsp3) is 0.909. The Kier molecular flexibility index (Phi) is 6.34. The van der Waals surface area contributed by atoms with E-state index in [-0.39, 0.29) is 12.2 Å². The molecule has 0 fully saturated rings. The van der Waals surface area contributed by atoms with Crippen molar-refractivity contribution in [1.29, 1.82) is 0 Å². The van der Waals surface area contributed by atoms with Gasteiger partial charge in [-0.2, -0.15) is 0 Å². The van der Waals surface area contributed by atoms with Gasteiger partial charge in [-0.15, -0.1) is 0 Å². The monoisotopic (exact) mass is 202 g/mol. The van der Waals surface area contributed by atoms with E-state index in [1.165, 1.54) is 0 Å². The maximum absolute atomic E-state index is 11.1. The summed E-state index contributed by atoms with van der Waals surface area (Å²) in [6.07, 6.45) is 1.43. The molecule has 0 aliphatic heterocycles. The van der Waals surface area contributed by atoms with E-state index in [1.54, 1.807) is 13.8 Å². The Labute approximate surface area is 86.8 Å². The molecule has 2 atom stereocenters. The van der Waals surface area contributed by atoms with E-state index in [1.807, 2.05) is 6.92 Å². The van der Waals surface area contributed by atoms with Crippen molar-refractivity contribution >= 4 is 6.16 Å². The molecule has 0 saturated heterocycles. The van der Waals surface area contributed by atoms with E-state index in [2.05, 4.69) is 13.8 Å². The van der Waals surface area contributed by atoms with Crippen molar-refractivity contribution in [2.75, 3.05) is 0 Å². The van der Waals surface area contributed by atoms with Gasteiger partial charge in [-0.25, -0.2) is 4.79 Å². The first-order chi connectivity index (χ1) is 6.47. The van der Waals surface area contributed by atoms with Gasteiger partial charge >= 0.3 is 6.16 Å². The molecule has 0 aromatic heterocycles. The predicted molar refractivity (Wildman–Crippen MR) is 56.2 cm³/mol. The third kappa shape index (κ3) is 5.84. The summed E-state index contributed by atoms with van der Waals surface area (Å²) in [4.78, 5) is 11.1. The molecule has 0 saturated carbocycles. The molecule has 0 bridgehead atoms. The first kappa shape index (κ1) is 13.3.